The van der Waals surface area contributed by atoms with Crippen LogP contribution >= 0.6 is 0 Å². The molecule has 0 aromatic heterocycles. The molecule has 0 fully saturated rings. The fourth-order valence-electron chi connectivity index (χ4n) is 1.31. The summed E-state index contributed by atoms with van der Waals surface area (Å²) in [5, 5.41) is 15.0. The van der Waals surface area contributed by atoms with Gasteiger partial charge in [-0.3, -0.25) is 0 Å². The molecule has 0 aliphatic heterocycles. The van der Waals surface area contributed by atoms with Crippen LogP contribution in [0.2, 0.25) is 0 Å². The lowest BCUT2D eigenvalue weighted by atomic mass is 10.0. The summed E-state index contributed by atoms with van der Waals surface area (Å²) >= 11 is 0. The zero-order valence-corrected chi connectivity index (χ0v) is 7.73. The molecule has 0 spiro atoms. The minimum Gasteiger partial charge on any atom is -0.507 e. The Labute approximate surface area is 80.7 Å². The Hall–Kier alpha value is -1.78. The van der Waals surface area contributed by atoms with E-state index >= 15 is 0 Å². The van der Waals surface area contributed by atoms with Crippen molar-refractivity contribution in [3.8, 4) is 5.75 Å². The van der Waals surface area contributed by atoms with Crippen LogP contribution in [-0.2, 0) is 13.1 Å². The summed E-state index contributed by atoms with van der Waals surface area (Å²) in [7, 11) is 0. The van der Waals surface area contributed by atoms with Crippen molar-refractivity contribution in [3.05, 3.63) is 38.6 Å². The van der Waals surface area contributed by atoms with E-state index in [9.17, 15) is 14.9 Å². The zero-order chi connectivity index (χ0) is 10.6. The summed E-state index contributed by atoms with van der Waals surface area (Å²) < 4.78 is 0. The average Bonchev–Trinajstić information content (AvgIpc) is 2.14. The lowest BCUT2D eigenvalue weighted by Gasteiger charge is -2.06. The van der Waals surface area contributed by atoms with E-state index in [0.717, 1.165) is 5.56 Å². The van der Waals surface area contributed by atoms with Crippen LogP contribution in [0.5, 0.6) is 5.75 Å². The van der Waals surface area contributed by atoms with E-state index in [-0.39, 0.29) is 18.8 Å². The van der Waals surface area contributed by atoms with Gasteiger partial charge in [0.25, 0.3) is 0 Å². The number of nitroso groups, excluding NO2 is 2. The lowest BCUT2D eigenvalue weighted by Crippen LogP contribution is -1.91. The van der Waals surface area contributed by atoms with Crippen molar-refractivity contribution in [3.63, 3.8) is 0 Å². The molecule has 0 atom stereocenters. The monoisotopic (exact) mass is 194 g/mol. The summed E-state index contributed by atoms with van der Waals surface area (Å²) in [5.74, 6) is -0.0604. The van der Waals surface area contributed by atoms with Crippen molar-refractivity contribution >= 4 is 0 Å². The van der Waals surface area contributed by atoms with Gasteiger partial charge in [-0.1, -0.05) is 28.0 Å². The van der Waals surface area contributed by atoms with Gasteiger partial charge in [0.15, 0.2) is 0 Å². The maximum atomic E-state index is 10.1. The number of hydrogen-bond donors (Lipinski definition) is 1. The van der Waals surface area contributed by atoms with Crippen molar-refractivity contribution in [1.82, 2.24) is 0 Å². The van der Waals surface area contributed by atoms with Gasteiger partial charge in [0, 0.05) is 11.1 Å². The van der Waals surface area contributed by atoms with Gasteiger partial charge in [-0.05, 0) is 6.92 Å². The van der Waals surface area contributed by atoms with Crippen LogP contribution < -0.4 is 0 Å². The van der Waals surface area contributed by atoms with Crippen molar-refractivity contribution in [2.24, 2.45) is 10.4 Å². The van der Waals surface area contributed by atoms with E-state index in [1.165, 1.54) is 0 Å². The minimum atomic E-state index is -0.0978. The van der Waals surface area contributed by atoms with E-state index in [4.69, 9.17) is 0 Å². The van der Waals surface area contributed by atoms with Crippen LogP contribution in [-0.4, -0.2) is 5.11 Å². The molecule has 1 aromatic rings. The molecular formula is C9H10N2O3. The summed E-state index contributed by atoms with van der Waals surface area (Å²) in [4.78, 5) is 20.1. The summed E-state index contributed by atoms with van der Waals surface area (Å²) in [6, 6.07) is 3.32. The topological polar surface area (TPSA) is 79.1 Å². The van der Waals surface area contributed by atoms with E-state index < -0.39 is 0 Å². The van der Waals surface area contributed by atoms with E-state index in [0.29, 0.717) is 11.1 Å². The lowest BCUT2D eigenvalue weighted by molar-refractivity contribution is 0.461. The number of benzene rings is 1. The normalized spacial score (nSPS) is 9.79. The van der Waals surface area contributed by atoms with E-state index in [2.05, 4.69) is 10.4 Å². The van der Waals surface area contributed by atoms with Crippen LogP contribution in [0.15, 0.2) is 22.5 Å². The highest BCUT2D eigenvalue weighted by Crippen LogP contribution is 2.25. The molecular weight excluding hydrogens is 184 g/mol. The second-order valence-electron chi connectivity index (χ2n) is 3.01. The molecule has 14 heavy (non-hydrogen) atoms. The first kappa shape index (κ1) is 10.3. The number of aryl methyl sites for hydroxylation is 1. The molecule has 0 amide bonds. The van der Waals surface area contributed by atoms with Crippen molar-refractivity contribution in [2.45, 2.75) is 20.0 Å². The van der Waals surface area contributed by atoms with Gasteiger partial charge in [0.2, 0.25) is 0 Å². The molecule has 0 saturated heterocycles. The molecule has 0 aliphatic rings. The Bertz CT molecular complexity index is 332. The second kappa shape index (κ2) is 4.45. The van der Waals surface area contributed by atoms with Crippen molar-refractivity contribution < 1.29 is 5.11 Å². The molecule has 1 N–H and O–H groups in total. The maximum absolute atomic E-state index is 10.1. The van der Waals surface area contributed by atoms with Gasteiger partial charge >= 0.3 is 0 Å². The van der Waals surface area contributed by atoms with Gasteiger partial charge in [-0.15, -0.1) is 0 Å². The molecule has 0 saturated carbocycles. The van der Waals surface area contributed by atoms with Crippen LogP contribution in [0.1, 0.15) is 16.7 Å². The second-order valence-corrected chi connectivity index (χ2v) is 3.01. The highest BCUT2D eigenvalue weighted by Gasteiger charge is 2.08. The number of phenolic OH excluding ortho intramolecular Hbond substituents is 1. The minimum absolute atomic E-state index is 0.0604. The van der Waals surface area contributed by atoms with Gasteiger partial charge in [-0.25, -0.2) is 0 Å². The van der Waals surface area contributed by atoms with Crippen molar-refractivity contribution in [1.29, 1.82) is 0 Å². The van der Waals surface area contributed by atoms with Crippen LogP contribution in [0, 0.1) is 16.7 Å². The number of hydrogen-bond acceptors (Lipinski definition) is 5. The smallest absolute Gasteiger partial charge is 0.125 e. The Balaban J connectivity index is 3.16. The van der Waals surface area contributed by atoms with Gasteiger partial charge in [-0.2, -0.15) is 9.81 Å². The fraction of sp³-hybridized carbons (Fsp3) is 0.333. The molecule has 0 unspecified atom stereocenters. The van der Waals surface area contributed by atoms with E-state index in [1.54, 1.807) is 12.1 Å². The molecule has 1 aromatic carbocycles. The Morgan fingerprint density at radius 3 is 1.93 bits per heavy atom. The Kier molecular flexibility index (Phi) is 3.28. The third kappa shape index (κ3) is 2.12. The summed E-state index contributed by atoms with van der Waals surface area (Å²) in [5.41, 5.74) is 1.72. The van der Waals surface area contributed by atoms with Gasteiger partial charge < -0.3 is 5.11 Å². The largest absolute Gasteiger partial charge is 0.507 e. The fourth-order valence-corrected chi connectivity index (χ4v) is 1.31. The summed E-state index contributed by atoms with van der Waals surface area (Å²) in [6.45, 7) is 1.61. The standard InChI is InChI=1S/C9H10N2O3/c1-6-2-7(4-10-13)9(12)8(3-6)5-11-14/h2-3,12H,4-5H2,1H3. The van der Waals surface area contributed by atoms with Gasteiger partial charge in [0.05, 0.1) is 0 Å². The molecule has 0 heterocycles. The highest BCUT2D eigenvalue weighted by molar-refractivity contribution is 5.43. The molecule has 0 aliphatic carbocycles. The predicted molar refractivity (Wildman–Crippen MR) is 51.8 cm³/mol. The molecule has 5 heteroatoms. The van der Waals surface area contributed by atoms with Crippen LogP contribution in [0.4, 0.5) is 0 Å². The SMILES string of the molecule is Cc1cc(CN=O)c(O)c(CN=O)c1. The number of aromatic hydroxyl groups is 1. The third-order valence-electron chi connectivity index (χ3n) is 1.88. The van der Waals surface area contributed by atoms with Crippen LogP contribution in [0.3, 0.4) is 0 Å². The number of nitrogens with zero attached hydrogens (tertiary/aromatic N) is 2. The van der Waals surface area contributed by atoms with Crippen molar-refractivity contribution in [2.75, 3.05) is 0 Å². The first-order valence-corrected chi connectivity index (χ1v) is 4.08. The third-order valence-corrected chi connectivity index (χ3v) is 1.88. The quantitative estimate of drug-likeness (QED) is 0.746. The molecule has 0 radical (unpaired) electrons. The maximum Gasteiger partial charge on any atom is 0.125 e. The van der Waals surface area contributed by atoms with Crippen LogP contribution in [0.25, 0.3) is 0 Å². The predicted octanol–water partition coefficient (Wildman–Crippen LogP) is 2.23. The molecule has 1 rings (SSSR count). The average molecular weight is 194 g/mol. The van der Waals surface area contributed by atoms with E-state index in [1.807, 2.05) is 6.92 Å². The first-order valence-electron chi connectivity index (χ1n) is 4.08. The Morgan fingerprint density at radius 2 is 1.57 bits per heavy atom. The number of rotatable bonds is 4. The zero-order valence-electron chi connectivity index (χ0n) is 7.73. The highest BCUT2D eigenvalue weighted by atomic mass is 16.3. The summed E-state index contributed by atoms with van der Waals surface area (Å²) in [6.07, 6.45) is 0. The molecule has 74 valence electrons. The molecule has 0 bridgehead atoms. The number of phenols is 1. The Morgan fingerprint density at radius 1 is 1.14 bits per heavy atom. The molecule has 5 nitrogen and oxygen atoms in total. The van der Waals surface area contributed by atoms with Gasteiger partial charge in [0.1, 0.15) is 18.8 Å². The first-order chi connectivity index (χ1) is 6.69.